The highest BCUT2D eigenvalue weighted by atomic mass is 79.9. The summed E-state index contributed by atoms with van der Waals surface area (Å²) in [6, 6.07) is 12.7. The maximum Gasteiger partial charge on any atom is 0.269 e. The van der Waals surface area contributed by atoms with E-state index in [1.54, 1.807) is 18.2 Å². The minimum atomic E-state index is -3.74. The summed E-state index contributed by atoms with van der Waals surface area (Å²) in [6.07, 6.45) is 2.90. The van der Waals surface area contributed by atoms with Crippen molar-refractivity contribution in [3.05, 3.63) is 58.7 Å². The lowest BCUT2D eigenvalue weighted by atomic mass is 9.98. The fourth-order valence-corrected chi connectivity index (χ4v) is 6.55. The molecule has 0 unspecified atom stereocenters. The van der Waals surface area contributed by atoms with Crippen LogP contribution in [-0.2, 0) is 10.0 Å². The average Bonchev–Trinajstić information content (AvgIpc) is 3.32. The van der Waals surface area contributed by atoms with Crippen LogP contribution in [0.2, 0.25) is 0 Å². The van der Waals surface area contributed by atoms with Gasteiger partial charge in [-0.15, -0.1) is 0 Å². The predicted octanol–water partition coefficient (Wildman–Crippen LogP) is 5.24. The largest absolute Gasteiger partial charge is 0.491 e. The highest BCUT2D eigenvalue weighted by molar-refractivity contribution is 9.10. The molecule has 2 heterocycles. The Morgan fingerprint density at radius 3 is 2.63 bits per heavy atom. The molecule has 3 aromatic rings. The van der Waals surface area contributed by atoms with Crippen molar-refractivity contribution in [1.82, 2.24) is 8.87 Å². The zero-order chi connectivity index (χ0) is 21.5. The van der Waals surface area contributed by atoms with Gasteiger partial charge >= 0.3 is 0 Å². The van der Waals surface area contributed by atoms with Crippen LogP contribution in [-0.4, -0.2) is 43.0 Å². The zero-order valence-corrected chi connectivity index (χ0v) is 19.9. The van der Waals surface area contributed by atoms with E-state index in [9.17, 15) is 8.42 Å². The van der Waals surface area contributed by atoms with E-state index in [2.05, 4.69) is 27.8 Å². The maximum atomic E-state index is 13.6. The van der Waals surface area contributed by atoms with Gasteiger partial charge in [-0.2, -0.15) is 0 Å². The van der Waals surface area contributed by atoms with Crippen molar-refractivity contribution in [2.75, 3.05) is 19.6 Å². The van der Waals surface area contributed by atoms with E-state index >= 15 is 0 Å². The van der Waals surface area contributed by atoms with Gasteiger partial charge in [0, 0.05) is 22.6 Å². The molecule has 1 aliphatic heterocycles. The second kappa shape index (κ2) is 8.36. The predicted molar refractivity (Wildman–Crippen MR) is 124 cm³/mol. The molecule has 1 aliphatic rings. The number of aromatic nitrogens is 1. The van der Waals surface area contributed by atoms with E-state index in [0.717, 1.165) is 42.8 Å². The van der Waals surface area contributed by atoms with Crippen LogP contribution >= 0.6 is 15.9 Å². The van der Waals surface area contributed by atoms with Gasteiger partial charge in [-0.3, -0.25) is 0 Å². The quantitative estimate of drug-likeness (QED) is 0.474. The fraction of sp³-hybridized carbons (Fsp3) is 0.391. The first-order valence-electron chi connectivity index (χ1n) is 10.4. The van der Waals surface area contributed by atoms with Crippen molar-refractivity contribution in [2.24, 2.45) is 0 Å². The fourth-order valence-electron chi connectivity index (χ4n) is 4.21. The van der Waals surface area contributed by atoms with Crippen molar-refractivity contribution < 1.29 is 13.2 Å². The summed E-state index contributed by atoms with van der Waals surface area (Å²) in [5.74, 6) is 1.07. The topological polar surface area (TPSA) is 51.5 Å². The van der Waals surface area contributed by atoms with E-state index in [4.69, 9.17) is 4.74 Å². The van der Waals surface area contributed by atoms with Gasteiger partial charge in [0.15, 0.2) is 0 Å². The SMILES string of the molecule is CCN1CC[C@H](c2cn(S(=O)(=O)c3ccccc3Br)c3ccc(OC(C)C)cc23)C1. The van der Waals surface area contributed by atoms with E-state index in [-0.39, 0.29) is 11.0 Å². The second-order valence-corrected chi connectivity index (χ2v) is 10.7. The van der Waals surface area contributed by atoms with Gasteiger partial charge in [-0.1, -0.05) is 19.1 Å². The van der Waals surface area contributed by atoms with Crippen LogP contribution in [0.4, 0.5) is 0 Å². The van der Waals surface area contributed by atoms with Crippen LogP contribution in [0.3, 0.4) is 0 Å². The standard InChI is InChI=1S/C23H27BrN2O3S/c1-4-25-12-11-17(14-25)20-15-26(30(27,28)23-8-6-5-7-21(23)24)22-10-9-18(13-19(20)22)29-16(2)3/h5-10,13,15-17H,4,11-12,14H2,1-3H3/t17-/m0/s1. The van der Waals surface area contributed by atoms with Gasteiger partial charge < -0.3 is 9.64 Å². The molecule has 2 aromatic carbocycles. The third kappa shape index (κ3) is 3.90. The molecular weight excluding hydrogens is 464 g/mol. The first kappa shape index (κ1) is 21.4. The Morgan fingerprint density at radius 1 is 1.20 bits per heavy atom. The molecule has 0 saturated carbocycles. The minimum Gasteiger partial charge on any atom is -0.491 e. The van der Waals surface area contributed by atoms with E-state index in [1.807, 2.05) is 44.3 Å². The number of halogens is 1. The van der Waals surface area contributed by atoms with Crippen molar-refractivity contribution in [2.45, 2.75) is 44.1 Å². The molecule has 1 fully saturated rings. The number of hydrogen-bond acceptors (Lipinski definition) is 4. The normalized spacial score (nSPS) is 17.8. The molecule has 0 N–H and O–H groups in total. The number of nitrogens with zero attached hydrogens (tertiary/aromatic N) is 2. The molecule has 0 bridgehead atoms. The van der Waals surface area contributed by atoms with Crippen LogP contribution in [0.5, 0.6) is 5.75 Å². The van der Waals surface area contributed by atoms with Crippen LogP contribution in [0.1, 0.15) is 38.7 Å². The maximum absolute atomic E-state index is 13.6. The zero-order valence-electron chi connectivity index (χ0n) is 17.5. The molecule has 7 heteroatoms. The van der Waals surface area contributed by atoms with Crippen LogP contribution < -0.4 is 4.74 Å². The molecule has 30 heavy (non-hydrogen) atoms. The Balaban J connectivity index is 1.89. The number of rotatable bonds is 6. The molecule has 5 nitrogen and oxygen atoms in total. The summed E-state index contributed by atoms with van der Waals surface area (Å²) in [5, 5.41) is 0.951. The summed E-state index contributed by atoms with van der Waals surface area (Å²) < 4.78 is 35.0. The van der Waals surface area contributed by atoms with Crippen LogP contribution in [0, 0.1) is 0 Å². The van der Waals surface area contributed by atoms with Crippen LogP contribution in [0.25, 0.3) is 10.9 Å². The number of likely N-dealkylation sites (tertiary alicyclic amines) is 1. The Bertz CT molecular complexity index is 1170. The first-order valence-corrected chi connectivity index (χ1v) is 12.6. The van der Waals surface area contributed by atoms with Crippen molar-refractivity contribution in [3.8, 4) is 5.75 Å². The van der Waals surface area contributed by atoms with Crippen molar-refractivity contribution in [3.63, 3.8) is 0 Å². The smallest absolute Gasteiger partial charge is 0.269 e. The van der Waals surface area contributed by atoms with Crippen molar-refractivity contribution >= 4 is 36.9 Å². The molecule has 1 aromatic heterocycles. The lowest BCUT2D eigenvalue weighted by Crippen LogP contribution is -2.19. The molecule has 1 atom stereocenters. The Hall–Kier alpha value is -1.83. The van der Waals surface area contributed by atoms with E-state index in [1.165, 1.54) is 3.97 Å². The molecule has 4 rings (SSSR count). The van der Waals surface area contributed by atoms with E-state index in [0.29, 0.717) is 15.9 Å². The molecule has 0 amide bonds. The molecular formula is C23H27BrN2O3S. The molecule has 0 radical (unpaired) electrons. The monoisotopic (exact) mass is 490 g/mol. The van der Waals surface area contributed by atoms with Gasteiger partial charge in [0.2, 0.25) is 0 Å². The Morgan fingerprint density at radius 2 is 1.97 bits per heavy atom. The number of fused-ring (bicyclic) bond motifs is 1. The second-order valence-electron chi connectivity index (χ2n) is 8.04. The van der Waals surface area contributed by atoms with Gasteiger partial charge in [0.25, 0.3) is 10.0 Å². The summed E-state index contributed by atoms with van der Waals surface area (Å²) in [7, 11) is -3.74. The Labute approximate surface area is 186 Å². The highest BCUT2D eigenvalue weighted by Crippen LogP contribution is 2.37. The lowest BCUT2D eigenvalue weighted by Gasteiger charge is -2.13. The van der Waals surface area contributed by atoms with E-state index < -0.39 is 10.0 Å². The van der Waals surface area contributed by atoms with Gasteiger partial charge in [-0.05, 0) is 91.1 Å². The first-order chi connectivity index (χ1) is 14.3. The van der Waals surface area contributed by atoms with Crippen molar-refractivity contribution in [1.29, 1.82) is 0 Å². The molecule has 0 spiro atoms. The van der Waals surface area contributed by atoms with Gasteiger partial charge in [-0.25, -0.2) is 12.4 Å². The third-order valence-electron chi connectivity index (χ3n) is 5.68. The lowest BCUT2D eigenvalue weighted by molar-refractivity contribution is 0.243. The summed E-state index contributed by atoms with van der Waals surface area (Å²) >= 11 is 3.40. The third-order valence-corrected chi connectivity index (χ3v) is 8.36. The van der Waals surface area contributed by atoms with Gasteiger partial charge in [0.05, 0.1) is 11.6 Å². The Kier molecular flexibility index (Phi) is 5.97. The molecule has 0 aliphatic carbocycles. The highest BCUT2D eigenvalue weighted by Gasteiger charge is 2.29. The number of likely N-dealkylation sites (N-methyl/N-ethyl adjacent to an activating group) is 1. The summed E-state index contributed by atoms with van der Waals surface area (Å²) in [4.78, 5) is 2.67. The number of ether oxygens (including phenoxy) is 1. The molecule has 160 valence electrons. The van der Waals surface area contributed by atoms with Crippen LogP contribution in [0.15, 0.2) is 58.0 Å². The summed E-state index contributed by atoms with van der Waals surface area (Å²) in [5.41, 5.74) is 1.76. The number of benzene rings is 2. The minimum absolute atomic E-state index is 0.0547. The average molecular weight is 491 g/mol. The number of hydrogen-bond donors (Lipinski definition) is 0. The molecule has 1 saturated heterocycles. The summed E-state index contributed by atoms with van der Waals surface area (Å²) in [6.45, 7) is 9.13. The van der Waals surface area contributed by atoms with Gasteiger partial charge in [0.1, 0.15) is 10.6 Å².